The number of halogens is 3. The predicted molar refractivity (Wildman–Crippen MR) is 99.8 cm³/mol. The van der Waals surface area contributed by atoms with E-state index < -0.39 is 11.7 Å². The summed E-state index contributed by atoms with van der Waals surface area (Å²) in [7, 11) is 0. The molecule has 0 radical (unpaired) electrons. The summed E-state index contributed by atoms with van der Waals surface area (Å²) in [6.07, 6.45) is -2.19. The molecule has 0 unspecified atom stereocenters. The zero-order chi connectivity index (χ0) is 19.6. The van der Waals surface area contributed by atoms with Crippen LogP contribution in [0.25, 0.3) is 11.3 Å². The summed E-state index contributed by atoms with van der Waals surface area (Å²) >= 11 is 0. The van der Waals surface area contributed by atoms with E-state index in [-0.39, 0.29) is 11.3 Å². The quantitative estimate of drug-likeness (QED) is 0.775. The van der Waals surface area contributed by atoms with Gasteiger partial charge in [-0.25, -0.2) is 0 Å². The first kappa shape index (κ1) is 19.5. The average Bonchev–Trinajstić information content (AvgIpc) is 3.17. The summed E-state index contributed by atoms with van der Waals surface area (Å²) in [6.45, 7) is 6.21. The molecule has 0 saturated carbocycles. The fourth-order valence-corrected chi connectivity index (χ4v) is 4.16. The van der Waals surface area contributed by atoms with Gasteiger partial charge in [-0.15, -0.1) is 0 Å². The van der Waals surface area contributed by atoms with E-state index in [1.165, 1.54) is 12.1 Å². The molecule has 28 heavy (non-hydrogen) atoms. The summed E-state index contributed by atoms with van der Waals surface area (Å²) in [5, 5.41) is 0. The molecule has 4 nitrogen and oxygen atoms in total. The third-order valence-corrected chi connectivity index (χ3v) is 5.66. The summed E-state index contributed by atoms with van der Waals surface area (Å²) in [4.78, 5) is 4.83. The van der Waals surface area contributed by atoms with E-state index in [0.717, 1.165) is 58.3 Å². The van der Waals surface area contributed by atoms with Crippen LogP contribution in [-0.4, -0.2) is 55.2 Å². The standard InChI is InChI=1S/C21H25F3N2O2/c22-21(23,24)19-4-2-1-3-18(19)20-6-5-17(28-20)15-25-9-7-16(8-10-25)26-11-13-27-14-12-26/h1-6,16H,7-15H2. The minimum atomic E-state index is -4.40. The maximum absolute atomic E-state index is 13.2. The monoisotopic (exact) mass is 394 g/mol. The van der Waals surface area contributed by atoms with E-state index in [4.69, 9.17) is 9.15 Å². The van der Waals surface area contributed by atoms with Crippen LogP contribution >= 0.6 is 0 Å². The smallest absolute Gasteiger partial charge is 0.417 e. The van der Waals surface area contributed by atoms with E-state index in [1.54, 1.807) is 18.2 Å². The van der Waals surface area contributed by atoms with Gasteiger partial charge in [0, 0.05) is 37.8 Å². The molecule has 2 aromatic rings. The minimum absolute atomic E-state index is 0.0901. The molecule has 1 aromatic carbocycles. The molecule has 0 bridgehead atoms. The van der Waals surface area contributed by atoms with Gasteiger partial charge in [0.25, 0.3) is 0 Å². The largest absolute Gasteiger partial charge is 0.460 e. The molecule has 2 aliphatic heterocycles. The topological polar surface area (TPSA) is 28.9 Å². The molecular weight excluding hydrogens is 369 g/mol. The van der Waals surface area contributed by atoms with E-state index in [1.807, 2.05) is 0 Å². The van der Waals surface area contributed by atoms with Crippen molar-refractivity contribution in [2.45, 2.75) is 31.6 Å². The van der Waals surface area contributed by atoms with Crippen LogP contribution in [0.4, 0.5) is 13.2 Å². The molecule has 0 aliphatic carbocycles. The van der Waals surface area contributed by atoms with Crippen molar-refractivity contribution in [2.75, 3.05) is 39.4 Å². The Labute approximate surface area is 162 Å². The molecule has 4 rings (SSSR count). The van der Waals surface area contributed by atoms with Gasteiger partial charge >= 0.3 is 6.18 Å². The maximum Gasteiger partial charge on any atom is 0.417 e. The van der Waals surface area contributed by atoms with Crippen LogP contribution in [0.2, 0.25) is 0 Å². The van der Waals surface area contributed by atoms with E-state index in [2.05, 4.69) is 9.80 Å². The Bertz CT molecular complexity index is 776. The SMILES string of the molecule is FC(F)(F)c1ccccc1-c1ccc(CN2CCC(N3CCOCC3)CC2)o1. The van der Waals surface area contributed by atoms with Gasteiger partial charge < -0.3 is 9.15 Å². The summed E-state index contributed by atoms with van der Waals surface area (Å²) in [6, 6.07) is 9.58. The third-order valence-electron chi connectivity index (χ3n) is 5.66. The number of furan rings is 1. The Balaban J connectivity index is 1.37. The molecule has 7 heteroatoms. The van der Waals surface area contributed by atoms with Crippen LogP contribution in [0.1, 0.15) is 24.2 Å². The first-order valence-corrected chi connectivity index (χ1v) is 9.80. The van der Waals surface area contributed by atoms with Gasteiger partial charge in [0.1, 0.15) is 11.5 Å². The van der Waals surface area contributed by atoms with E-state index >= 15 is 0 Å². The molecule has 2 aliphatic rings. The number of piperidine rings is 1. The number of alkyl halides is 3. The number of morpholine rings is 1. The molecule has 2 saturated heterocycles. The third kappa shape index (κ3) is 4.42. The lowest BCUT2D eigenvalue weighted by molar-refractivity contribution is -0.137. The molecule has 1 aromatic heterocycles. The zero-order valence-corrected chi connectivity index (χ0v) is 15.8. The van der Waals surface area contributed by atoms with E-state index in [9.17, 15) is 13.2 Å². The van der Waals surface area contributed by atoms with Crippen LogP contribution < -0.4 is 0 Å². The average molecular weight is 394 g/mol. The van der Waals surface area contributed by atoms with Crippen molar-refractivity contribution in [1.82, 2.24) is 9.80 Å². The summed E-state index contributed by atoms with van der Waals surface area (Å²) in [5.74, 6) is 0.975. The number of rotatable bonds is 4. The Hall–Kier alpha value is -1.83. The lowest BCUT2D eigenvalue weighted by Gasteiger charge is -2.39. The van der Waals surface area contributed by atoms with Crippen molar-refractivity contribution in [2.24, 2.45) is 0 Å². The van der Waals surface area contributed by atoms with Gasteiger partial charge in [-0.1, -0.05) is 18.2 Å². The van der Waals surface area contributed by atoms with E-state index in [0.29, 0.717) is 18.3 Å². The molecule has 2 fully saturated rings. The van der Waals surface area contributed by atoms with Gasteiger partial charge in [-0.05, 0) is 31.0 Å². The van der Waals surface area contributed by atoms with Gasteiger partial charge in [0.15, 0.2) is 0 Å². The number of benzene rings is 1. The molecule has 3 heterocycles. The number of ether oxygens (including phenoxy) is 1. The second-order valence-corrected chi connectivity index (χ2v) is 7.46. The normalized spacial score (nSPS) is 20.5. The lowest BCUT2D eigenvalue weighted by atomic mass is 10.0. The van der Waals surface area contributed by atoms with Crippen molar-refractivity contribution in [3.8, 4) is 11.3 Å². The van der Waals surface area contributed by atoms with Crippen LogP contribution in [-0.2, 0) is 17.5 Å². The highest BCUT2D eigenvalue weighted by Crippen LogP contribution is 2.37. The Morgan fingerprint density at radius 2 is 1.64 bits per heavy atom. The first-order valence-electron chi connectivity index (χ1n) is 9.80. The van der Waals surface area contributed by atoms with Crippen molar-refractivity contribution < 1.29 is 22.3 Å². The zero-order valence-electron chi connectivity index (χ0n) is 15.8. The van der Waals surface area contributed by atoms with Crippen molar-refractivity contribution >= 4 is 0 Å². The number of hydrogen-bond donors (Lipinski definition) is 0. The number of nitrogens with zero attached hydrogens (tertiary/aromatic N) is 2. The highest BCUT2D eigenvalue weighted by molar-refractivity contribution is 5.63. The van der Waals surface area contributed by atoms with Crippen molar-refractivity contribution in [3.05, 3.63) is 47.7 Å². The lowest BCUT2D eigenvalue weighted by Crippen LogP contribution is -2.48. The minimum Gasteiger partial charge on any atom is -0.460 e. The maximum atomic E-state index is 13.2. The van der Waals surface area contributed by atoms with Crippen LogP contribution in [0.3, 0.4) is 0 Å². The van der Waals surface area contributed by atoms with Gasteiger partial charge in [-0.2, -0.15) is 13.2 Å². The fourth-order valence-electron chi connectivity index (χ4n) is 4.16. The van der Waals surface area contributed by atoms with Crippen LogP contribution in [0.5, 0.6) is 0 Å². The van der Waals surface area contributed by atoms with Crippen molar-refractivity contribution in [1.29, 1.82) is 0 Å². The first-order chi connectivity index (χ1) is 13.5. The van der Waals surface area contributed by atoms with Crippen LogP contribution in [0.15, 0.2) is 40.8 Å². The van der Waals surface area contributed by atoms with Gasteiger partial charge in [-0.3, -0.25) is 9.80 Å². The Morgan fingerprint density at radius 3 is 2.36 bits per heavy atom. The highest BCUT2D eigenvalue weighted by Gasteiger charge is 2.34. The Kier molecular flexibility index (Phi) is 5.75. The summed E-state index contributed by atoms with van der Waals surface area (Å²) < 4.78 is 50.9. The molecule has 0 spiro atoms. The predicted octanol–water partition coefficient (Wildman–Crippen LogP) is 4.26. The van der Waals surface area contributed by atoms with Crippen molar-refractivity contribution in [3.63, 3.8) is 0 Å². The number of hydrogen-bond acceptors (Lipinski definition) is 4. The second kappa shape index (κ2) is 8.27. The van der Waals surface area contributed by atoms with Crippen LogP contribution in [0, 0.1) is 0 Å². The summed E-state index contributed by atoms with van der Waals surface area (Å²) in [5.41, 5.74) is -0.575. The molecule has 152 valence electrons. The molecule has 0 N–H and O–H groups in total. The number of likely N-dealkylation sites (tertiary alicyclic amines) is 1. The molecule has 0 atom stereocenters. The van der Waals surface area contributed by atoms with Gasteiger partial charge in [0.05, 0.1) is 25.3 Å². The van der Waals surface area contributed by atoms with Gasteiger partial charge in [0.2, 0.25) is 0 Å². The molecule has 0 amide bonds. The second-order valence-electron chi connectivity index (χ2n) is 7.46. The fraction of sp³-hybridized carbons (Fsp3) is 0.524. The Morgan fingerprint density at radius 1 is 0.929 bits per heavy atom. The molecular formula is C21H25F3N2O2. The highest BCUT2D eigenvalue weighted by atomic mass is 19.4.